The first-order valence-electron chi connectivity index (χ1n) is 10.9. The summed E-state index contributed by atoms with van der Waals surface area (Å²) in [7, 11) is 1.68. The molecule has 0 spiro atoms. The van der Waals surface area contributed by atoms with E-state index in [1.807, 2.05) is 54.6 Å². The van der Waals surface area contributed by atoms with Gasteiger partial charge in [-0.15, -0.1) is 0 Å². The Morgan fingerprint density at radius 3 is 2.54 bits per heavy atom. The Balaban J connectivity index is 1.44. The van der Waals surface area contributed by atoms with Gasteiger partial charge in [0.25, 0.3) is 5.91 Å². The van der Waals surface area contributed by atoms with Gasteiger partial charge < -0.3 is 9.47 Å². The highest BCUT2D eigenvalue weighted by atomic mass is 79.9. The molecule has 0 atom stereocenters. The van der Waals surface area contributed by atoms with E-state index in [0.29, 0.717) is 34.5 Å². The molecule has 0 N–H and O–H groups in total. The molecule has 6 nitrogen and oxygen atoms in total. The lowest BCUT2D eigenvalue weighted by Crippen LogP contribution is -2.23. The highest BCUT2D eigenvalue weighted by Crippen LogP contribution is 2.33. The third kappa shape index (κ3) is 6.41. The molecule has 1 aliphatic rings. The molecule has 1 aliphatic heterocycles. The van der Waals surface area contributed by atoms with Crippen LogP contribution in [0, 0.1) is 0 Å². The van der Waals surface area contributed by atoms with E-state index in [9.17, 15) is 9.59 Å². The molecule has 0 aliphatic carbocycles. The average Bonchev–Trinajstić information content (AvgIpc) is 3.12. The van der Waals surface area contributed by atoms with Crippen molar-refractivity contribution in [1.29, 1.82) is 0 Å². The molecular formula is C27H23BrN2O4S. The maximum Gasteiger partial charge on any atom is 0.338 e. The Morgan fingerprint density at radius 2 is 1.83 bits per heavy atom. The Hall–Kier alpha value is -3.36. The van der Waals surface area contributed by atoms with Crippen LogP contribution in [0.25, 0.3) is 6.08 Å². The summed E-state index contributed by atoms with van der Waals surface area (Å²) in [6, 6.07) is 22.4. The number of likely N-dealkylation sites (N-methyl/N-ethyl adjacent to an activating group) is 1. The van der Waals surface area contributed by atoms with Crippen molar-refractivity contribution in [2.45, 2.75) is 13.5 Å². The van der Waals surface area contributed by atoms with Crippen LogP contribution < -0.4 is 4.74 Å². The van der Waals surface area contributed by atoms with Crippen molar-refractivity contribution in [3.8, 4) is 5.75 Å². The summed E-state index contributed by atoms with van der Waals surface area (Å²) < 4.78 is 11.9. The highest BCUT2D eigenvalue weighted by molar-refractivity contribution is 9.10. The Labute approximate surface area is 216 Å². The molecule has 0 saturated carbocycles. The zero-order valence-corrected chi connectivity index (χ0v) is 21.6. The lowest BCUT2D eigenvalue weighted by Gasteiger charge is -2.08. The molecule has 4 rings (SSSR count). The van der Waals surface area contributed by atoms with Gasteiger partial charge in [-0.3, -0.25) is 9.69 Å². The number of aliphatic imine (C=N–C) groups is 1. The van der Waals surface area contributed by atoms with Gasteiger partial charge in [0.1, 0.15) is 12.4 Å². The standard InChI is InChI=1S/C27H23BrN2O4S/c1-3-33-26(32)20-5-4-6-22(16-20)29-27-30(2)25(31)24(35-27)15-18-9-13-23(14-10-18)34-17-19-7-11-21(28)12-8-19/h4-16H,3,17H2,1-2H3. The molecule has 178 valence electrons. The molecule has 0 bridgehead atoms. The number of carbonyl (C=O) groups is 2. The highest BCUT2D eigenvalue weighted by Gasteiger charge is 2.30. The van der Waals surface area contributed by atoms with E-state index in [0.717, 1.165) is 21.3 Å². The Morgan fingerprint density at radius 1 is 1.09 bits per heavy atom. The molecule has 0 radical (unpaired) electrons. The van der Waals surface area contributed by atoms with Gasteiger partial charge in [0.05, 0.1) is 22.8 Å². The van der Waals surface area contributed by atoms with Gasteiger partial charge >= 0.3 is 5.97 Å². The number of nitrogens with zero attached hydrogens (tertiary/aromatic N) is 2. The van der Waals surface area contributed by atoms with Gasteiger partial charge in [0.15, 0.2) is 5.17 Å². The van der Waals surface area contributed by atoms with Crippen molar-refractivity contribution in [3.05, 3.63) is 98.9 Å². The summed E-state index contributed by atoms with van der Waals surface area (Å²) >= 11 is 4.72. The number of halogens is 1. The fourth-order valence-corrected chi connectivity index (χ4v) is 4.49. The summed E-state index contributed by atoms with van der Waals surface area (Å²) in [5.41, 5.74) is 2.96. The maximum absolute atomic E-state index is 12.8. The number of carbonyl (C=O) groups excluding carboxylic acids is 2. The molecule has 1 amide bonds. The Bertz CT molecular complexity index is 1290. The SMILES string of the molecule is CCOC(=O)c1cccc(N=C2SC(=Cc3ccc(OCc4ccc(Br)cc4)cc3)C(=O)N2C)c1. The van der Waals surface area contributed by atoms with E-state index < -0.39 is 5.97 Å². The minimum absolute atomic E-state index is 0.133. The molecule has 3 aromatic rings. The monoisotopic (exact) mass is 550 g/mol. The summed E-state index contributed by atoms with van der Waals surface area (Å²) in [6.45, 7) is 2.54. The summed E-state index contributed by atoms with van der Waals surface area (Å²) in [4.78, 5) is 31.4. The van der Waals surface area contributed by atoms with E-state index in [-0.39, 0.29) is 5.91 Å². The van der Waals surface area contributed by atoms with Crippen LogP contribution in [0.1, 0.15) is 28.4 Å². The number of amides is 1. The van der Waals surface area contributed by atoms with Crippen LogP contribution in [0.4, 0.5) is 5.69 Å². The fraction of sp³-hybridized carbons (Fsp3) is 0.148. The summed E-state index contributed by atoms with van der Waals surface area (Å²) in [6.07, 6.45) is 1.83. The number of amidine groups is 1. The predicted molar refractivity (Wildman–Crippen MR) is 143 cm³/mol. The maximum atomic E-state index is 12.8. The number of hydrogen-bond donors (Lipinski definition) is 0. The summed E-state index contributed by atoms with van der Waals surface area (Å²) in [5.74, 6) is 0.218. The number of thioether (sulfide) groups is 1. The topological polar surface area (TPSA) is 68.2 Å². The molecule has 1 heterocycles. The van der Waals surface area contributed by atoms with Gasteiger partial charge in [0, 0.05) is 11.5 Å². The van der Waals surface area contributed by atoms with E-state index in [1.165, 1.54) is 16.7 Å². The van der Waals surface area contributed by atoms with Crippen LogP contribution >= 0.6 is 27.7 Å². The zero-order chi connectivity index (χ0) is 24.8. The molecule has 1 fully saturated rings. The van der Waals surface area contributed by atoms with E-state index in [2.05, 4.69) is 20.9 Å². The minimum atomic E-state index is -0.400. The number of benzene rings is 3. The van der Waals surface area contributed by atoms with Crippen LogP contribution in [0.3, 0.4) is 0 Å². The average molecular weight is 551 g/mol. The second-order valence-electron chi connectivity index (χ2n) is 7.62. The largest absolute Gasteiger partial charge is 0.489 e. The molecule has 1 saturated heterocycles. The van der Waals surface area contributed by atoms with E-state index in [1.54, 1.807) is 38.2 Å². The lowest BCUT2D eigenvalue weighted by molar-refractivity contribution is -0.121. The quantitative estimate of drug-likeness (QED) is 0.250. The van der Waals surface area contributed by atoms with E-state index >= 15 is 0 Å². The fourth-order valence-electron chi connectivity index (χ4n) is 3.24. The normalized spacial score (nSPS) is 15.6. The number of esters is 1. The van der Waals surface area contributed by atoms with Gasteiger partial charge in [-0.25, -0.2) is 9.79 Å². The molecule has 8 heteroatoms. The third-order valence-corrected chi connectivity index (χ3v) is 6.67. The minimum Gasteiger partial charge on any atom is -0.489 e. The first-order chi connectivity index (χ1) is 16.9. The van der Waals surface area contributed by atoms with Gasteiger partial charge in [-0.1, -0.05) is 46.3 Å². The van der Waals surface area contributed by atoms with Crippen LogP contribution in [-0.2, 0) is 16.1 Å². The second-order valence-corrected chi connectivity index (χ2v) is 9.55. The Kier molecular flexibility index (Phi) is 8.05. The second kappa shape index (κ2) is 11.4. The van der Waals surface area contributed by atoms with E-state index in [4.69, 9.17) is 9.47 Å². The molecule has 0 unspecified atom stereocenters. The van der Waals surface area contributed by atoms with Crippen LogP contribution in [0.5, 0.6) is 5.75 Å². The van der Waals surface area contributed by atoms with Crippen molar-refractivity contribution in [3.63, 3.8) is 0 Å². The molecule has 3 aromatic carbocycles. The van der Waals surface area contributed by atoms with Crippen molar-refractivity contribution < 1.29 is 19.1 Å². The first-order valence-corrected chi connectivity index (χ1v) is 12.5. The van der Waals surface area contributed by atoms with Crippen molar-refractivity contribution in [2.24, 2.45) is 4.99 Å². The van der Waals surface area contributed by atoms with Crippen LogP contribution in [0.15, 0.2) is 87.2 Å². The molecule has 0 aromatic heterocycles. The number of ether oxygens (including phenoxy) is 2. The summed E-state index contributed by atoms with van der Waals surface area (Å²) in [5, 5.41) is 0.539. The lowest BCUT2D eigenvalue weighted by atomic mass is 10.2. The zero-order valence-electron chi connectivity index (χ0n) is 19.2. The number of rotatable bonds is 7. The van der Waals surface area contributed by atoms with Gasteiger partial charge in [0.2, 0.25) is 0 Å². The van der Waals surface area contributed by atoms with Crippen LogP contribution in [0.2, 0.25) is 0 Å². The van der Waals surface area contributed by atoms with Crippen LogP contribution in [-0.4, -0.2) is 35.6 Å². The van der Waals surface area contributed by atoms with Crippen molar-refractivity contribution in [1.82, 2.24) is 4.90 Å². The number of hydrogen-bond acceptors (Lipinski definition) is 6. The smallest absolute Gasteiger partial charge is 0.338 e. The molecular weight excluding hydrogens is 528 g/mol. The predicted octanol–water partition coefficient (Wildman–Crippen LogP) is 6.44. The van der Waals surface area contributed by atoms with Gasteiger partial charge in [-0.05, 0) is 78.4 Å². The third-order valence-electron chi connectivity index (χ3n) is 5.08. The van der Waals surface area contributed by atoms with Gasteiger partial charge in [-0.2, -0.15) is 0 Å². The molecule has 35 heavy (non-hydrogen) atoms. The van der Waals surface area contributed by atoms with Crippen molar-refractivity contribution in [2.75, 3.05) is 13.7 Å². The van der Waals surface area contributed by atoms with Crippen molar-refractivity contribution >= 4 is 56.5 Å². The first kappa shape index (κ1) is 24.8.